The van der Waals surface area contributed by atoms with Gasteiger partial charge in [0.25, 0.3) is 5.69 Å². The Balaban J connectivity index is 1.67. The maximum atomic E-state index is 13.3. The maximum Gasteiger partial charge on any atom is 0.514 e. The molecule has 34 heavy (non-hydrogen) atoms. The van der Waals surface area contributed by atoms with E-state index in [0.717, 1.165) is 5.57 Å². The summed E-state index contributed by atoms with van der Waals surface area (Å²) in [6.07, 6.45) is 0.733. The molecule has 10 nitrogen and oxygen atoms in total. The van der Waals surface area contributed by atoms with Gasteiger partial charge in [0.1, 0.15) is 24.1 Å². The molecule has 1 aromatic carbocycles. The van der Waals surface area contributed by atoms with Gasteiger partial charge in [-0.05, 0) is 45.7 Å². The third kappa shape index (κ3) is 3.58. The van der Waals surface area contributed by atoms with Crippen molar-refractivity contribution in [2.75, 3.05) is 6.61 Å². The summed E-state index contributed by atoms with van der Waals surface area (Å²) in [4.78, 5) is 47.7. The van der Waals surface area contributed by atoms with Crippen LogP contribution in [0.25, 0.3) is 0 Å². The molecule has 1 fully saturated rings. The highest BCUT2D eigenvalue weighted by molar-refractivity contribution is 6.09. The Bertz CT molecular complexity index is 1160. The molecule has 3 atom stereocenters. The number of ether oxygens (including phenoxy) is 3. The van der Waals surface area contributed by atoms with Crippen molar-refractivity contribution < 1.29 is 38.6 Å². The number of rotatable bonds is 5. The zero-order valence-electron chi connectivity index (χ0n) is 19.2. The minimum Gasteiger partial charge on any atom is -0.465 e. The summed E-state index contributed by atoms with van der Waals surface area (Å²) in [6, 6.07) is 4.91. The average molecular weight is 471 g/mol. The molecule has 0 aliphatic heterocycles. The zero-order chi connectivity index (χ0) is 25.1. The van der Waals surface area contributed by atoms with E-state index in [1.54, 1.807) is 13.0 Å². The standard InChI is InChI=1S/C24H25NO9/c1-13-18-17(19(27)23(4,29)24(13)9-10-24)11-22(3,12-32-14(2)26)20(18)34-21(28)33-16-7-5-15(6-8-16)25(30)31/h5-8,11,20,29H,9-10,12H2,1-4H3. The van der Waals surface area contributed by atoms with Crippen LogP contribution in [0.1, 0.15) is 40.5 Å². The number of fused-ring (bicyclic) bond motifs is 1. The second-order valence-corrected chi connectivity index (χ2v) is 9.47. The minimum atomic E-state index is -1.59. The lowest BCUT2D eigenvalue weighted by molar-refractivity contribution is -0.384. The fourth-order valence-electron chi connectivity index (χ4n) is 5.05. The number of benzene rings is 1. The number of non-ortho nitro benzene ring substituents is 1. The first-order valence-electron chi connectivity index (χ1n) is 10.8. The molecule has 0 amide bonds. The summed E-state index contributed by atoms with van der Waals surface area (Å²) in [7, 11) is 0. The molecule has 0 radical (unpaired) electrons. The number of carbonyl (C=O) groups is 3. The molecule has 1 saturated carbocycles. The number of nitrogens with zero attached hydrogens (tertiary/aromatic N) is 1. The summed E-state index contributed by atoms with van der Waals surface area (Å²) in [5, 5.41) is 21.9. The average Bonchev–Trinajstić information content (AvgIpc) is 3.53. The van der Waals surface area contributed by atoms with Crippen LogP contribution in [0.15, 0.2) is 47.1 Å². The summed E-state index contributed by atoms with van der Waals surface area (Å²) in [5.41, 5.74) is -2.09. The Labute approximate surface area is 195 Å². The summed E-state index contributed by atoms with van der Waals surface area (Å²) in [5.74, 6) is -0.964. The number of carbonyl (C=O) groups excluding carboxylic acids is 3. The van der Waals surface area contributed by atoms with Crippen LogP contribution in [0.4, 0.5) is 10.5 Å². The molecule has 4 rings (SSSR count). The molecule has 180 valence electrons. The number of aliphatic hydroxyl groups is 1. The Morgan fingerprint density at radius 3 is 2.35 bits per heavy atom. The van der Waals surface area contributed by atoms with Crippen LogP contribution < -0.4 is 4.74 Å². The van der Waals surface area contributed by atoms with Gasteiger partial charge in [-0.1, -0.05) is 11.6 Å². The van der Waals surface area contributed by atoms with Gasteiger partial charge < -0.3 is 19.3 Å². The fourth-order valence-corrected chi connectivity index (χ4v) is 5.05. The van der Waals surface area contributed by atoms with Crippen LogP contribution in [0.5, 0.6) is 5.75 Å². The van der Waals surface area contributed by atoms with E-state index < -0.39 is 45.4 Å². The van der Waals surface area contributed by atoms with Crippen molar-refractivity contribution in [1.29, 1.82) is 0 Å². The van der Waals surface area contributed by atoms with Crippen molar-refractivity contribution in [3.8, 4) is 5.75 Å². The number of ketones is 1. The number of nitro groups is 1. The first kappa shape index (κ1) is 23.6. The van der Waals surface area contributed by atoms with Gasteiger partial charge in [0.15, 0.2) is 5.78 Å². The van der Waals surface area contributed by atoms with Crippen molar-refractivity contribution in [3.63, 3.8) is 0 Å². The normalized spacial score (nSPS) is 28.8. The van der Waals surface area contributed by atoms with E-state index in [1.165, 1.54) is 38.1 Å². The topological polar surface area (TPSA) is 142 Å². The second-order valence-electron chi connectivity index (χ2n) is 9.47. The van der Waals surface area contributed by atoms with Gasteiger partial charge in [0.2, 0.25) is 0 Å². The molecule has 0 bridgehead atoms. The van der Waals surface area contributed by atoms with Crippen LogP contribution in [0.2, 0.25) is 0 Å². The predicted molar refractivity (Wildman–Crippen MR) is 117 cm³/mol. The summed E-state index contributed by atoms with van der Waals surface area (Å²) in [6.45, 7) is 6.08. The minimum absolute atomic E-state index is 0.0375. The molecule has 0 saturated heterocycles. The third-order valence-corrected chi connectivity index (χ3v) is 7.17. The fraction of sp³-hybridized carbons (Fsp3) is 0.458. The smallest absolute Gasteiger partial charge is 0.465 e. The highest BCUT2D eigenvalue weighted by Crippen LogP contribution is 2.65. The van der Waals surface area contributed by atoms with Crippen molar-refractivity contribution in [3.05, 3.63) is 57.2 Å². The molecular formula is C24H25NO9. The molecule has 0 heterocycles. The molecule has 0 aromatic heterocycles. The highest BCUT2D eigenvalue weighted by Gasteiger charge is 2.67. The Hall–Kier alpha value is -3.53. The first-order valence-corrected chi connectivity index (χ1v) is 10.8. The first-order chi connectivity index (χ1) is 15.8. The second kappa shape index (κ2) is 7.76. The monoisotopic (exact) mass is 471 g/mol. The van der Waals surface area contributed by atoms with Crippen LogP contribution in [0.3, 0.4) is 0 Å². The lowest BCUT2D eigenvalue weighted by atomic mass is 9.67. The van der Waals surface area contributed by atoms with E-state index in [1.807, 2.05) is 6.92 Å². The zero-order valence-corrected chi connectivity index (χ0v) is 19.2. The lowest BCUT2D eigenvalue weighted by Crippen LogP contribution is -2.50. The van der Waals surface area contributed by atoms with E-state index in [2.05, 4.69) is 0 Å². The van der Waals surface area contributed by atoms with Gasteiger partial charge >= 0.3 is 12.1 Å². The molecule has 3 unspecified atom stereocenters. The van der Waals surface area contributed by atoms with E-state index in [0.29, 0.717) is 18.4 Å². The third-order valence-electron chi connectivity index (χ3n) is 7.17. The maximum absolute atomic E-state index is 13.3. The van der Waals surface area contributed by atoms with Gasteiger partial charge in [-0.25, -0.2) is 4.79 Å². The molecule has 1 spiro atoms. The Kier molecular flexibility index (Phi) is 5.39. The van der Waals surface area contributed by atoms with Crippen molar-refractivity contribution in [2.45, 2.75) is 52.2 Å². The molecule has 3 aliphatic carbocycles. The number of hydrogen-bond donors (Lipinski definition) is 1. The highest BCUT2D eigenvalue weighted by atomic mass is 16.7. The van der Waals surface area contributed by atoms with E-state index in [-0.39, 0.29) is 23.6 Å². The van der Waals surface area contributed by atoms with Gasteiger partial charge in [0, 0.05) is 35.6 Å². The van der Waals surface area contributed by atoms with E-state index in [4.69, 9.17) is 14.2 Å². The molecule has 1 N–H and O–H groups in total. The number of esters is 1. The Morgan fingerprint density at radius 1 is 1.21 bits per heavy atom. The quantitative estimate of drug-likeness (QED) is 0.296. The van der Waals surface area contributed by atoms with Gasteiger partial charge in [-0.2, -0.15) is 0 Å². The van der Waals surface area contributed by atoms with Crippen molar-refractivity contribution >= 4 is 23.6 Å². The number of Topliss-reactive ketones (excluding diaryl/α,β-unsaturated/α-hetero) is 1. The van der Waals surface area contributed by atoms with Crippen molar-refractivity contribution in [1.82, 2.24) is 0 Å². The van der Waals surface area contributed by atoms with Crippen LogP contribution >= 0.6 is 0 Å². The van der Waals surface area contributed by atoms with Crippen LogP contribution in [-0.4, -0.2) is 46.2 Å². The molecule has 10 heteroatoms. The molecular weight excluding hydrogens is 446 g/mol. The van der Waals surface area contributed by atoms with E-state index >= 15 is 0 Å². The Morgan fingerprint density at radius 2 is 1.82 bits per heavy atom. The van der Waals surface area contributed by atoms with Crippen LogP contribution in [0, 0.1) is 20.9 Å². The SMILES string of the molecule is CC(=O)OCC1(C)C=C2C(=O)C(C)(O)C3(CC3)C(C)=C2C1OC(=O)Oc1ccc([N+](=O)[O-])cc1. The van der Waals surface area contributed by atoms with E-state index in [9.17, 15) is 29.6 Å². The van der Waals surface area contributed by atoms with Crippen molar-refractivity contribution in [2.24, 2.45) is 10.8 Å². The number of hydrogen-bond acceptors (Lipinski definition) is 9. The largest absolute Gasteiger partial charge is 0.514 e. The number of nitro benzene ring substituents is 1. The van der Waals surface area contributed by atoms with Gasteiger partial charge in [0.05, 0.1) is 10.3 Å². The van der Waals surface area contributed by atoms with Gasteiger partial charge in [-0.3, -0.25) is 19.7 Å². The van der Waals surface area contributed by atoms with Gasteiger partial charge in [-0.15, -0.1) is 0 Å². The summed E-state index contributed by atoms with van der Waals surface area (Å²) < 4.78 is 16.1. The summed E-state index contributed by atoms with van der Waals surface area (Å²) >= 11 is 0. The molecule has 1 aromatic rings. The van der Waals surface area contributed by atoms with Crippen LogP contribution in [-0.2, 0) is 19.1 Å². The predicted octanol–water partition coefficient (Wildman–Crippen LogP) is 3.42. The lowest BCUT2D eigenvalue weighted by Gasteiger charge is -2.40. The molecule has 3 aliphatic rings.